The van der Waals surface area contributed by atoms with E-state index in [4.69, 9.17) is 5.73 Å². The van der Waals surface area contributed by atoms with E-state index in [9.17, 15) is 8.42 Å². The predicted octanol–water partition coefficient (Wildman–Crippen LogP) is -0.426. The molecular weight excluding hydrogens is 280 g/mol. The number of hydrogen-bond donors (Lipinski definition) is 2. The largest absolute Gasteiger partial charge is 0.349 e. The van der Waals surface area contributed by atoms with Crippen molar-refractivity contribution in [3.05, 3.63) is 30.1 Å². The summed E-state index contributed by atoms with van der Waals surface area (Å²) in [6.07, 6.45) is 3.10. The Morgan fingerprint density at radius 3 is 2.70 bits per heavy atom. The Kier molecular flexibility index (Phi) is 4.21. The van der Waals surface area contributed by atoms with Gasteiger partial charge in [0.15, 0.2) is 5.82 Å². The highest BCUT2D eigenvalue weighted by Crippen LogP contribution is 2.14. The van der Waals surface area contributed by atoms with Crippen LogP contribution in [0.25, 0.3) is 0 Å². The van der Waals surface area contributed by atoms with Gasteiger partial charge in [0.25, 0.3) is 0 Å². The van der Waals surface area contributed by atoms with Gasteiger partial charge >= 0.3 is 0 Å². The van der Waals surface area contributed by atoms with Gasteiger partial charge in [0.05, 0.1) is 11.4 Å². The third kappa shape index (κ3) is 3.06. The van der Waals surface area contributed by atoms with Crippen molar-refractivity contribution in [2.75, 3.05) is 0 Å². The zero-order chi connectivity index (χ0) is 14.8. The minimum atomic E-state index is -3.59. The highest BCUT2D eigenvalue weighted by Gasteiger charge is 2.18. The molecule has 0 aliphatic carbocycles. The maximum absolute atomic E-state index is 12.2. The Morgan fingerprint density at radius 1 is 1.45 bits per heavy atom. The Balaban J connectivity index is 2.15. The molecule has 0 radical (unpaired) electrons. The summed E-state index contributed by atoms with van der Waals surface area (Å²) in [5.74, 6) is 0.421. The number of aryl methyl sites for hydroxylation is 2. The molecule has 0 saturated heterocycles. The van der Waals surface area contributed by atoms with E-state index in [-0.39, 0.29) is 11.4 Å². The molecule has 0 aliphatic heterocycles. The van der Waals surface area contributed by atoms with E-state index >= 15 is 0 Å². The van der Waals surface area contributed by atoms with E-state index in [2.05, 4.69) is 14.8 Å². The van der Waals surface area contributed by atoms with Crippen LogP contribution in [0, 0.1) is 0 Å². The van der Waals surface area contributed by atoms with Crippen molar-refractivity contribution in [3.8, 4) is 0 Å². The highest BCUT2D eigenvalue weighted by molar-refractivity contribution is 7.89. The molecular formula is C11H18N6O2S. The molecule has 2 rings (SSSR count). The first-order valence-electron chi connectivity index (χ1n) is 6.19. The van der Waals surface area contributed by atoms with Gasteiger partial charge in [-0.3, -0.25) is 4.68 Å². The Hall–Kier alpha value is -1.71. The van der Waals surface area contributed by atoms with Crippen molar-refractivity contribution in [2.45, 2.75) is 31.5 Å². The summed E-state index contributed by atoms with van der Waals surface area (Å²) in [4.78, 5) is 4.17. The fourth-order valence-electron chi connectivity index (χ4n) is 1.85. The maximum Gasteiger partial charge on any atom is 0.242 e. The molecule has 0 aromatic carbocycles. The van der Waals surface area contributed by atoms with Gasteiger partial charge < -0.3 is 10.3 Å². The molecule has 2 aromatic heterocycles. The van der Waals surface area contributed by atoms with E-state index in [0.29, 0.717) is 18.9 Å². The number of nitrogens with one attached hydrogen (secondary N) is 1. The van der Waals surface area contributed by atoms with E-state index in [1.807, 2.05) is 11.5 Å². The molecule has 2 heterocycles. The summed E-state index contributed by atoms with van der Waals surface area (Å²) in [6, 6.07) is 1.58. The van der Waals surface area contributed by atoms with Crippen LogP contribution >= 0.6 is 0 Å². The van der Waals surface area contributed by atoms with Gasteiger partial charge in [-0.05, 0) is 13.0 Å². The van der Waals surface area contributed by atoms with Crippen LogP contribution < -0.4 is 10.5 Å². The quantitative estimate of drug-likeness (QED) is 0.752. The topological polar surface area (TPSA) is 108 Å². The SMILES string of the molecule is CCn1cc(S(=O)(=O)NCc2ncn(C)n2)cc1CN. The monoisotopic (exact) mass is 298 g/mol. The molecule has 110 valence electrons. The summed E-state index contributed by atoms with van der Waals surface area (Å²) in [5, 5.41) is 4.02. The van der Waals surface area contributed by atoms with Gasteiger partial charge in [0.2, 0.25) is 10.0 Å². The molecule has 0 bridgehead atoms. The molecule has 0 unspecified atom stereocenters. The average molecular weight is 298 g/mol. The van der Waals surface area contributed by atoms with Gasteiger partial charge in [-0.2, -0.15) is 5.10 Å². The van der Waals surface area contributed by atoms with Gasteiger partial charge in [-0.15, -0.1) is 0 Å². The van der Waals surface area contributed by atoms with Crippen LogP contribution in [0.3, 0.4) is 0 Å². The molecule has 0 fully saturated rings. The second-order valence-corrected chi connectivity index (χ2v) is 6.08. The van der Waals surface area contributed by atoms with Crippen LogP contribution in [-0.2, 0) is 36.7 Å². The molecule has 9 heteroatoms. The van der Waals surface area contributed by atoms with E-state index in [1.165, 1.54) is 11.0 Å². The van der Waals surface area contributed by atoms with Crippen molar-refractivity contribution in [1.82, 2.24) is 24.1 Å². The lowest BCUT2D eigenvalue weighted by molar-refractivity contribution is 0.578. The minimum absolute atomic E-state index is 0.0540. The molecule has 0 saturated carbocycles. The zero-order valence-corrected chi connectivity index (χ0v) is 12.3. The molecule has 20 heavy (non-hydrogen) atoms. The number of rotatable bonds is 6. The lowest BCUT2D eigenvalue weighted by Gasteiger charge is -2.02. The number of hydrogen-bond acceptors (Lipinski definition) is 5. The molecule has 0 spiro atoms. The van der Waals surface area contributed by atoms with Gasteiger partial charge in [-0.25, -0.2) is 18.1 Å². The maximum atomic E-state index is 12.2. The van der Waals surface area contributed by atoms with E-state index < -0.39 is 10.0 Å². The van der Waals surface area contributed by atoms with E-state index in [0.717, 1.165) is 5.69 Å². The molecule has 0 aliphatic rings. The summed E-state index contributed by atoms with van der Waals surface area (Å²) in [5.41, 5.74) is 6.37. The van der Waals surface area contributed by atoms with Crippen molar-refractivity contribution >= 4 is 10.0 Å². The summed E-state index contributed by atoms with van der Waals surface area (Å²) < 4.78 is 30.2. The van der Waals surface area contributed by atoms with Gasteiger partial charge in [0, 0.05) is 32.0 Å². The first-order valence-corrected chi connectivity index (χ1v) is 7.68. The minimum Gasteiger partial charge on any atom is -0.349 e. The number of nitrogens with two attached hydrogens (primary N) is 1. The third-order valence-corrected chi connectivity index (χ3v) is 4.26. The number of nitrogens with zero attached hydrogens (tertiary/aromatic N) is 4. The average Bonchev–Trinajstić information content (AvgIpc) is 3.02. The second kappa shape index (κ2) is 5.73. The summed E-state index contributed by atoms with van der Waals surface area (Å²) >= 11 is 0. The Labute approximate surface area is 117 Å². The van der Waals surface area contributed by atoms with Crippen molar-refractivity contribution in [2.24, 2.45) is 12.8 Å². The first-order chi connectivity index (χ1) is 9.46. The zero-order valence-electron chi connectivity index (χ0n) is 11.4. The Morgan fingerprint density at radius 2 is 2.20 bits per heavy atom. The van der Waals surface area contributed by atoms with Crippen molar-refractivity contribution < 1.29 is 8.42 Å². The smallest absolute Gasteiger partial charge is 0.242 e. The third-order valence-electron chi connectivity index (χ3n) is 2.89. The first kappa shape index (κ1) is 14.7. The molecule has 0 atom stereocenters. The fourth-order valence-corrected chi connectivity index (χ4v) is 2.89. The molecule has 0 amide bonds. The normalized spacial score (nSPS) is 11.9. The second-order valence-electron chi connectivity index (χ2n) is 4.32. The lowest BCUT2D eigenvalue weighted by atomic mass is 10.4. The van der Waals surface area contributed by atoms with Gasteiger partial charge in [0.1, 0.15) is 6.33 Å². The van der Waals surface area contributed by atoms with Crippen LogP contribution in [0.5, 0.6) is 0 Å². The molecule has 2 aromatic rings. The van der Waals surface area contributed by atoms with Crippen LogP contribution in [0.1, 0.15) is 18.4 Å². The fraction of sp³-hybridized carbons (Fsp3) is 0.455. The van der Waals surface area contributed by atoms with Crippen molar-refractivity contribution in [3.63, 3.8) is 0 Å². The van der Waals surface area contributed by atoms with Crippen LogP contribution in [0.4, 0.5) is 0 Å². The molecule has 3 N–H and O–H groups in total. The van der Waals surface area contributed by atoms with Crippen LogP contribution in [-0.4, -0.2) is 27.7 Å². The summed E-state index contributed by atoms with van der Waals surface area (Å²) in [6.45, 7) is 2.95. The Bertz CT molecular complexity index is 666. The molecule has 8 nitrogen and oxygen atoms in total. The summed E-state index contributed by atoms with van der Waals surface area (Å²) in [7, 11) is -1.86. The standard InChI is InChI=1S/C11H18N6O2S/c1-3-17-7-10(4-9(17)5-12)20(18,19)14-6-11-13-8-16(2)15-11/h4,7-8,14H,3,5-6,12H2,1-2H3. The van der Waals surface area contributed by atoms with Gasteiger partial charge in [-0.1, -0.05) is 0 Å². The lowest BCUT2D eigenvalue weighted by Crippen LogP contribution is -2.23. The van der Waals surface area contributed by atoms with Crippen LogP contribution in [0.2, 0.25) is 0 Å². The number of aromatic nitrogens is 4. The number of sulfonamides is 1. The van der Waals surface area contributed by atoms with E-state index in [1.54, 1.807) is 19.3 Å². The predicted molar refractivity (Wildman–Crippen MR) is 73.0 cm³/mol. The van der Waals surface area contributed by atoms with Crippen LogP contribution in [0.15, 0.2) is 23.5 Å². The highest BCUT2D eigenvalue weighted by atomic mass is 32.2. The van der Waals surface area contributed by atoms with Crippen molar-refractivity contribution in [1.29, 1.82) is 0 Å².